The van der Waals surface area contributed by atoms with Crippen LogP contribution in [0.15, 0.2) is 57.9 Å². The van der Waals surface area contributed by atoms with E-state index < -0.39 is 0 Å². The van der Waals surface area contributed by atoms with Crippen LogP contribution in [0.5, 0.6) is 0 Å². The predicted octanol–water partition coefficient (Wildman–Crippen LogP) is 2.73. The van der Waals surface area contributed by atoms with Crippen molar-refractivity contribution >= 4 is 0 Å². The highest BCUT2D eigenvalue weighted by Crippen LogP contribution is 2.16. The molecule has 0 saturated carbocycles. The zero-order valence-corrected chi connectivity index (χ0v) is 9.88. The van der Waals surface area contributed by atoms with Gasteiger partial charge in [0.2, 0.25) is 0 Å². The molecule has 0 amide bonds. The van der Waals surface area contributed by atoms with E-state index in [4.69, 9.17) is 4.42 Å². The van der Waals surface area contributed by atoms with E-state index in [2.05, 4.69) is 5.10 Å². The minimum absolute atomic E-state index is 0.106. The van der Waals surface area contributed by atoms with Crippen LogP contribution in [0.1, 0.15) is 5.56 Å². The van der Waals surface area contributed by atoms with Crippen molar-refractivity contribution in [2.24, 2.45) is 0 Å². The van der Waals surface area contributed by atoms with Gasteiger partial charge in [-0.15, -0.1) is 0 Å². The van der Waals surface area contributed by atoms with Crippen LogP contribution in [-0.4, -0.2) is 9.78 Å². The Bertz CT molecular complexity index is 703. The van der Waals surface area contributed by atoms with Gasteiger partial charge in [-0.05, 0) is 31.2 Å². The molecule has 1 N–H and O–H groups in total. The normalized spacial score (nSPS) is 10.7. The summed E-state index contributed by atoms with van der Waals surface area (Å²) in [5, 5.41) is 3.03. The predicted molar refractivity (Wildman–Crippen MR) is 68.8 cm³/mol. The summed E-state index contributed by atoms with van der Waals surface area (Å²) in [6.07, 6.45) is 1.58. The molecular weight excluding hydrogens is 228 g/mol. The third kappa shape index (κ3) is 1.78. The molecule has 0 bridgehead atoms. The number of furan rings is 1. The van der Waals surface area contributed by atoms with Crippen LogP contribution in [0.2, 0.25) is 0 Å². The number of rotatable bonds is 2. The highest BCUT2D eigenvalue weighted by atomic mass is 16.3. The van der Waals surface area contributed by atoms with Crippen molar-refractivity contribution in [3.8, 4) is 17.1 Å². The fourth-order valence-corrected chi connectivity index (χ4v) is 1.84. The molecule has 4 heteroatoms. The fourth-order valence-electron chi connectivity index (χ4n) is 1.84. The molecule has 0 atom stereocenters. The van der Waals surface area contributed by atoms with E-state index in [1.165, 1.54) is 10.7 Å². The van der Waals surface area contributed by atoms with Crippen LogP contribution in [-0.2, 0) is 0 Å². The highest BCUT2D eigenvalue weighted by Gasteiger charge is 2.08. The number of hydrogen-bond acceptors (Lipinski definition) is 2. The van der Waals surface area contributed by atoms with Gasteiger partial charge in [0.15, 0.2) is 5.76 Å². The lowest BCUT2D eigenvalue weighted by molar-refractivity contribution is 0.579. The zero-order valence-electron chi connectivity index (χ0n) is 9.88. The molecular formula is C14H12N2O2. The number of benzene rings is 1. The molecule has 0 radical (unpaired) electrons. The van der Waals surface area contributed by atoms with Crippen molar-refractivity contribution in [1.82, 2.24) is 9.78 Å². The van der Waals surface area contributed by atoms with Crippen molar-refractivity contribution in [3.05, 3.63) is 64.6 Å². The average Bonchev–Trinajstić information content (AvgIpc) is 2.99. The lowest BCUT2D eigenvalue weighted by Crippen LogP contribution is -2.13. The van der Waals surface area contributed by atoms with Crippen LogP contribution in [0.4, 0.5) is 0 Å². The first-order valence-electron chi connectivity index (χ1n) is 5.67. The van der Waals surface area contributed by atoms with E-state index in [0.717, 1.165) is 11.3 Å². The van der Waals surface area contributed by atoms with Crippen molar-refractivity contribution in [1.29, 1.82) is 0 Å². The quantitative estimate of drug-likeness (QED) is 0.748. The number of aromatic nitrogens is 2. The molecule has 0 fully saturated rings. The number of aryl methyl sites for hydroxylation is 1. The molecule has 90 valence electrons. The van der Waals surface area contributed by atoms with Gasteiger partial charge in [0, 0.05) is 6.07 Å². The molecule has 3 aromatic rings. The first-order valence-corrected chi connectivity index (χ1v) is 5.67. The third-order valence-corrected chi connectivity index (χ3v) is 2.80. The van der Waals surface area contributed by atoms with Crippen molar-refractivity contribution < 1.29 is 4.42 Å². The highest BCUT2D eigenvalue weighted by molar-refractivity contribution is 5.51. The smallest absolute Gasteiger partial charge is 0.271 e. The molecule has 1 aromatic carbocycles. The maximum Gasteiger partial charge on any atom is 0.271 e. The van der Waals surface area contributed by atoms with Gasteiger partial charge in [0.05, 0.1) is 12.0 Å². The molecule has 0 aliphatic carbocycles. The minimum atomic E-state index is -0.106. The van der Waals surface area contributed by atoms with E-state index in [9.17, 15) is 4.79 Å². The molecule has 2 aromatic heterocycles. The Morgan fingerprint density at radius 1 is 1.17 bits per heavy atom. The number of nitrogens with one attached hydrogen (secondary N) is 1. The SMILES string of the molecule is Cc1ccc(-n2[nH]c(-c3ccco3)cc2=O)cc1. The van der Waals surface area contributed by atoms with Crippen LogP contribution in [0.3, 0.4) is 0 Å². The van der Waals surface area contributed by atoms with Crippen LogP contribution in [0, 0.1) is 6.92 Å². The summed E-state index contributed by atoms with van der Waals surface area (Å²) in [7, 11) is 0. The Morgan fingerprint density at radius 3 is 2.61 bits per heavy atom. The minimum Gasteiger partial charge on any atom is -0.463 e. The molecule has 2 heterocycles. The number of hydrogen-bond donors (Lipinski definition) is 1. The summed E-state index contributed by atoms with van der Waals surface area (Å²) < 4.78 is 6.76. The van der Waals surface area contributed by atoms with Crippen LogP contribution < -0.4 is 5.56 Å². The molecule has 0 unspecified atom stereocenters. The standard InChI is InChI=1S/C14H12N2O2/c1-10-4-6-11(7-5-10)16-14(17)9-12(15-16)13-3-2-8-18-13/h2-9,15H,1H3. The third-order valence-electron chi connectivity index (χ3n) is 2.80. The van der Waals surface area contributed by atoms with Gasteiger partial charge in [-0.1, -0.05) is 17.7 Å². The Labute approximate surface area is 103 Å². The van der Waals surface area contributed by atoms with E-state index in [1.54, 1.807) is 12.3 Å². The monoisotopic (exact) mass is 240 g/mol. The summed E-state index contributed by atoms with van der Waals surface area (Å²) in [6.45, 7) is 2.01. The molecule has 0 aliphatic rings. The van der Waals surface area contributed by atoms with Crippen molar-refractivity contribution in [2.75, 3.05) is 0 Å². The van der Waals surface area contributed by atoms with Gasteiger partial charge < -0.3 is 4.42 Å². The van der Waals surface area contributed by atoms with Crippen molar-refractivity contribution in [3.63, 3.8) is 0 Å². The number of H-pyrrole nitrogens is 1. The Hall–Kier alpha value is -2.49. The fraction of sp³-hybridized carbons (Fsp3) is 0.0714. The van der Waals surface area contributed by atoms with E-state index in [-0.39, 0.29) is 5.56 Å². The van der Waals surface area contributed by atoms with E-state index in [0.29, 0.717) is 11.5 Å². The Morgan fingerprint density at radius 2 is 1.94 bits per heavy atom. The molecule has 0 spiro atoms. The van der Waals surface area contributed by atoms with Gasteiger partial charge in [0.1, 0.15) is 5.69 Å². The van der Waals surface area contributed by atoms with E-state index >= 15 is 0 Å². The maximum absolute atomic E-state index is 11.9. The summed E-state index contributed by atoms with van der Waals surface area (Å²) in [4.78, 5) is 11.9. The topological polar surface area (TPSA) is 50.9 Å². The van der Waals surface area contributed by atoms with Crippen LogP contribution >= 0.6 is 0 Å². The molecule has 4 nitrogen and oxygen atoms in total. The lowest BCUT2D eigenvalue weighted by Gasteiger charge is -2.01. The average molecular weight is 240 g/mol. The molecule has 0 aliphatic heterocycles. The van der Waals surface area contributed by atoms with E-state index in [1.807, 2.05) is 37.3 Å². The second kappa shape index (κ2) is 4.07. The lowest BCUT2D eigenvalue weighted by atomic mass is 10.2. The van der Waals surface area contributed by atoms with Crippen LogP contribution in [0.25, 0.3) is 17.1 Å². The number of nitrogens with zero attached hydrogens (tertiary/aromatic N) is 1. The Balaban J connectivity index is 2.09. The maximum atomic E-state index is 11.9. The Kier molecular flexibility index (Phi) is 2.41. The van der Waals surface area contributed by atoms with Gasteiger partial charge in [-0.25, -0.2) is 4.68 Å². The second-order valence-corrected chi connectivity index (χ2v) is 4.16. The van der Waals surface area contributed by atoms with Crippen molar-refractivity contribution in [2.45, 2.75) is 6.92 Å². The zero-order chi connectivity index (χ0) is 12.5. The van der Waals surface area contributed by atoms with Gasteiger partial charge >= 0.3 is 0 Å². The second-order valence-electron chi connectivity index (χ2n) is 4.16. The summed E-state index contributed by atoms with van der Waals surface area (Å²) in [5.74, 6) is 0.651. The summed E-state index contributed by atoms with van der Waals surface area (Å²) in [5.41, 5.74) is 2.53. The first kappa shape index (κ1) is 10.7. The van der Waals surface area contributed by atoms with Gasteiger partial charge in [-0.2, -0.15) is 0 Å². The number of aromatic amines is 1. The largest absolute Gasteiger partial charge is 0.463 e. The molecule has 0 saturated heterocycles. The summed E-state index contributed by atoms with van der Waals surface area (Å²) in [6, 6.07) is 12.9. The molecule has 18 heavy (non-hydrogen) atoms. The summed E-state index contributed by atoms with van der Waals surface area (Å²) >= 11 is 0. The van der Waals surface area contributed by atoms with Gasteiger partial charge in [-0.3, -0.25) is 9.89 Å². The first-order chi connectivity index (χ1) is 8.74. The van der Waals surface area contributed by atoms with Gasteiger partial charge in [0.25, 0.3) is 5.56 Å². The molecule has 3 rings (SSSR count).